The molecule has 0 saturated heterocycles. The average molecular weight is 380 g/mol. The smallest absolute Gasteiger partial charge is 0.270 e. The molecule has 1 aromatic carbocycles. The molecule has 3 aromatic rings. The molecule has 138 valence electrons. The maximum absolute atomic E-state index is 13.4. The molecule has 3 rings (SSSR count). The number of aromatic nitrogens is 1. The van der Waals surface area contributed by atoms with E-state index in [2.05, 4.69) is 5.32 Å². The van der Waals surface area contributed by atoms with Crippen molar-refractivity contribution in [1.82, 2.24) is 5.32 Å². The van der Waals surface area contributed by atoms with Crippen LogP contribution in [0.4, 0.5) is 0 Å². The second kappa shape index (κ2) is 8.27. The van der Waals surface area contributed by atoms with E-state index in [9.17, 15) is 4.79 Å². The summed E-state index contributed by atoms with van der Waals surface area (Å²) in [6.07, 6.45) is 5.43. The molecule has 27 heavy (non-hydrogen) atoms. The molecule has 0 aliphatic carbocycles. The number of nitrogens with zero attached hydrogens (tertiary/aromatic N) is 1. The fourth-order valence-electron chi connectivity index (χ4n) is 2.90. The van der Waals surface area contributed by atoms with E-state index in [0.717, 1.165) is 22.5 Å². The lowest BCUT2D eigenvalue weighted by Crippen LogP contribution is -2.51. The maximum Gasteiger partial charge on any atom is 0.270 e. The van der Waals surface area contributed by atoms with Gasteiger partial charge in [-0.15, -0.1) is 0 Å². The SMILES string of the molecule is Cc1ccc[n+]([C@@H](C(=O)c2ccc(C)c(C)c2)C(=S)NCc2ccco2)c1. The van der Waals surface area contributed by atoms with E-state index in [1.54, 1.807) is 6.26 Å². The molecule has 1 N–H and O–H groups in total. The molecule has 4 nitrogen and oxygen atoms in total. The van der Waals surface area contributed by atoms with Crippen LogP contribution >= 0.6 is 12.2 Å². The third kappa shape index (κ3) is 4.49. The minimum Gasteiger partial charge on any atom is -0.467 e. The summed E-state index contributed by atoms with van der Waals surface area (Å²) >= 11 is 5.61. The number of hydrogen-bond acceptors (Lipinski definition) is 3. The van der Waals surface area contributed by atoms with Crippen molar-refractivity contribution >= 4 is 23.0 Å². The van der Waals surface area contributed by atoms with Crippen molar-refractivity contribution in [3.05, 3.63) is 89.1 Å². The molecule has 1 atom stereocenters. The molecule has 0 radical (unpaired) electrons. The number of pyridine rings is 1. The molecule has 0 spiro atoms. The van der Waals surface area contributed by atoms with Crippen LogP contribution < -0.4 is 9.88 Å². The van der Waals surface area contributed by atoms with Crippen LogP contribution in [-0.4, -0.2) is 10.8 Å². The number of furan rings is 1. The second-order valence-electron chi connectivity index (χ2n) is 6.69. The Morgan fingerprint density at radius 1 is 1.15 bits per heavy atom. The van der Waals surface area contributed by atoms with Gasteiger partial charge in [0, 0.05) is 17.2 Å². The van der Waals surface area contributed by atoms with E-state index in [4.69, 9.17) is 16.6 Å². The zero-order valence-corrected chi connectivity index (χ0v) is 16.5. The minimum absolute atomic E-state index is 0.0364. The van der Waals surface area contributed by atoms with Crippen LogP contribution in [0.25, 0.3) is 0 Å². The molecule has 2 heterocycles. The highest BCUT2D eigenvalue weighted by Gasteiger charge is 2.33. The van der Waals surface area contributed by atoms with Gasteiger partial charge in [-0.3, -0.25) is 4.79 Å². The zero-order valence-electron chi connectivity index (χ0n) is 15.7. The number of benzene rings is 1. The molecule has 0 fully saturated rings. The molecule has 0 aliphatic rings. The fraction of sp³-hybridized carbons (Fsp3) is 0.227. The normalized spacial score (nSPS) is 11.8. The molecule has 0 unspecified atom stereocenters. The first-order chi connectivity index (χ1) is 13.0. The predicted molar refractivity (Wildman–Crippen MR) is 109 cm³/mol. The van der Waals surface area contributed by atoms with Crippen LogP contribution in [0.3, 0.4) is 0 Å². The van der Waals surface area contributed by atoms with Crippen molar-refractivity contribution < 1.29 is 13.8 Å². The largest absolute Gasteiger partial charge is 0.467 e. The highest BCUT2D eigenvalue weighted by Crippen LogP contribution is 2.16. The van der Waals surface area contributed by atoms with Gasteiger partial charge in [0.2, 0.25) is 5.78 Å². The van der Waals surface area contributed by atoms with Gasteiger partial charge in [0.05, 0.1) is 12.8 Å². The summed E-state index contributed by atoms with van der Waals surface area (Å²) in [5, 5.41) is 3.18. The maximum atomic E-state index is 13.4. The summed E-state index contributed by atoms with van der Waals surface area (Å²) in [5.74, 6) is 0.731. The Kier molecular flexibility index (Phi) is 5.81. The van der Waals surface area contributed by atoms with E-state index in [0.29, 0.717) is 17.1 Å². The summed E-state index contributed by atoms with van der Waals surface area (Å²) in [4.78, 5) is 13.8. The lowest BCUT2D eigenvalue weighted by molar-refractivity contribution is -0.692. The number of ketones is 1. The number of hydrogen-bond donors (Lipinski definition) is 1. The fourth-order valence-corrected chi connectivity index (χ4v) is 3.20. The molecular formula is C22H23N2O2S+. The summed E-state index contributed by atoms with van der Waals surface area (Å²) in [5.41, 5.74) is 3.96. The number of Topliss-reactive ketones (excluding diaryl/α,β-unsaturated/α-hetero) is 1. The van der Waals surface area contributed by atoms with Gasteiger partial charge in [-0.05, 0) is 56.2 Å². The highest BCUT2D eigenvalue weighted by atomic mass is 32.1. The number of nitrogens with one attached hydrogen (secondary N) is 1. The van der Waals surface area contributed by atoms with E-state index in [-0.39, 0.29) is 5.78 Å². The molecule has 5 heteroatoms. The Balaban J connectivity index is 1.92. The van der Waals surface area contributed by atoms with Gasteiger partial charge in [0.15, 0.2) is 17.4 Å². The summed E-state index contributed by atoms with van der Waals surface area (Å²) in [6, 6.07) is 12.8. The van der Waals surface area contributed by atoms with E-state index in [1.165, 1.54) is 0 Å². The Bertz CT molecular complexity index is 964. The predicted octanol–water partition coefficient (Wildman–Crippen LogP) is 4.03. The van der Waals surface area contributed by atoms with Crippen LogP contribution in [-0.2, 0) is 6.54 Å². The average Bonchev–Trinajstić information content (AvgIpc) is 3.16. The second-order valence-corrected chi connectivity index (χ2v) is 7.13. The van der Waals surface area contributed by atoms with Crippen LogP contribution in [0, 0.1) is 20.8 Å². The third-order valence-corrected chi connectivity index (χ3v) is 4.94. The number of rotatable bonds is 6. The molecule has 0 saturated carbocycles. The summed E-state index contributed by atoms with van der Waals surface area (Å²) in [6.45, 7) is 6.47. The van der Waals surface area contributed by atoms with Gasteiger partial charge in [-0.25, -0.2) is 0 Å². The number of aryl methyl sites for hydroxylation is 3. The highest BCUT2D eigenvalue weighted by molar-refractivity contribution is 7.80. The van der Waals surface area contributed by atoms with Crippen molar-refractivity contribution in [3.63, 3.8) is 0 Å². The van der Waals surface area contributed by atoms with Crippen molar-refractivity contribution in [3.8, 4) is 0 Å². The van der Waals surface area contributed by atoms with Gasteiger partial charge in [0.25, 0.3) is 6.04 Å². The van der Waals surface area contributed by atoms with Crippen LogP contribution in [0.15, 0.2) is 65.5 Å². The van der Waals surface area contributed by atoms with E-state index in [1.807, 2.05) is 80.2 Å². The van der Waals surface area contributed by atoms with Crippen LogP contribution in [0.5, 0.6) is 0 Å². The van der Waals surface area contributed by atoms with Crippen molar-refractivity contribution in [2.45, 2.75) is 33.4 Å². The Morgan fingerprint density at radius 3 is 2.63 bits per heavy atom. The molecule has 0 amide bonds. The topological polar surface area (TPSA) is 46.1 Å². The monoisotopic (exact) mass is 379 g/mol. The lowest BCUT2D eigenvalue weighted by atomic mass is 9.99. The van der Waals surface area contributed by atoms with Crippen molar-refractivity contribution in [2.24, 2.45) is 0 Å². The third-order valence-electron chi connectivity index (χ3n) is 4.57. The van der Waals surface area contributed by atoms with Crippen LogP contribution in [0.2, 0.25) is 0 Å². The van der Waals surface area contributed by atoms with E-state index < -0.39 is 6.04 Å². The Hall–Kier alpha value is -2.79. The minimum atomic E-state index is -0.614. The lowest BCUT2D eigenvalue weighted by Gasteiger charge is -2.15. The zero-order chi connectivity index (χ0) is 19.4. The first-order valence-corrected chi connectivity index (χ1v) is 9.25. The number of carbonyl (C=O) groups is 1. The number of carbonyl (C=O) groups excluding carboxylic acids is 1. The van der Waals surface area contributed by atoms with Crippen molar-refractivity contribution in [1.29, 1.82) is 0 Å². The number of thiocarbonyl (C=S) groups is 1. The molecule has 2 aromatic heterocycles. The quantitative estimate of drug-likeness (QED) is 0.399. The van der Waals surface area contributed by atoms with Crippen LogP contribution in [0.1, 0.15) is 38.9 Å². The van der Waals surface area contributed by atoms with Gasteiger partial charge < -0.3 is 9.73 Å². The standard InChI is InChI=1S/C22H22N2O2S/c1-15-6-4-10-24(14-15)20(22(27)23-13-19-7-5-11-26-19)21(25)18-9-8-16(2)17(3)12-18/h4-12,14,20H,13H2,1-3H3/p+1/t20-/m0/s1. The summed E-state index contributed by atoms with van der Waals surface area (Å²) in [7, 11) is 0. The Morgan fingerprint density at radius 2 is 1.96 bits per heavy atom. The van der Waals surface area contributed by atoms with Gasteiger partial charge in [-0.2, -0.15) is 4.57 Å². The van der Waals surface area contributed by atoms with E-state index >= 15 is 0 Å². The van der Waals surface area contributed by atoms with Gasteiger partial charge in [-0.1, -0.05) is 24.4 Å². The first-order valence-electron chi connectivity index (χ1n) is 8.84. The first kappa shape index (κ1) is 19.0. The molecule has 0 bridgehead atoms. The molecule has 0 aliphatic heterocycles. The Labute approximate surface area is 164 Å². The molecular weight excluding hydrogens is 356 g/mol. The van der Waals surface area contributed by atoms with Gasteiger partial charge >= 0.3 is 0 Å². The van der Waals surface area contributed by atoms with Gasteiger partial charge in [0.1, 0.15) is 5.76 Å². The summed E-state index contributed by atoms with van der Waals surface area (Å²) < 4.78 is 7.21. The van der Waals surface area contributed by atoms with Crippen molar-refractivity contribution in [2.75, 3.05) is 0 Å².